The minimum atomic E-state index is -0.113. The maximum Gasteiger partial charge on any atom is 0.128 e. The molecule has 3 nitrogen and oxygen atoms in total. The smallest absolute Gasteiger partial charge is 0.128 e. The van der Waals surface area contributed by atoms with Crippen LogP contribution in [0.5, 0.6) is 5.75 Å². The molecule has 0 saturated carbocycles. The van der Waals surface area contributed by atoms with Crippen molar-refractivity contribution >= 4 is 6.21 Å². The molecule has 0 spiro atoms. The maximum absolute atomic E-state index is 10.4. The zero-order valence-corrected chi connectivity index (χ0v) is 13.2. The Morgan fingerprint density at radius 3 is 2.45 bits per heavy atom. The topological polar surface area (TPSA) is 52.8 Å². The van der Waals surface area contributed by atoms with Gasteiger partial charge in [-0.1, -0.05) is 53.2 Å². The fraction of sp³-hybridized carbons (Fsp3) is 0.588. The third-order valence-corrected chi connectivity index (χ3v) is 3.77. The summed E-state index contributed by atoms with van der Waals surface area (Å²) in [6.07, 6.45) is 2.65. The van der Waals surface area contributed by atoms with Gasteiger partial charge < -0.3 is 10.2 Å². The van der Waals surface area contributed by atoms with Crippen molar-refractivity contribution in [1.82, 2.24) is 0 Å². The van der Waals surface area contributed by atoms with Crippen LogP contribution in [0.3, 0.4) is 0 Å². The SMILES string of the molecule is CCC(C)[C@@H](CO)N=Cc1cccc(C(C)(C)C)c1O. The number of rotatable bonds is 5. The van der Waals surface area contributed by atoms with Gasteiger partial charge in [0.15, 0.2) is 0 Å². The van der Waals surface area contributed by atoms with Crippen molar-refractivity contribution in [2.24, 2.45) is 10.9 Å². The first-order valence-corrected chi connectivity index (χ1v) is 7.27. The van der Waals surface area contributed by atoms with E-state index in [-0.39, 0.29) is 23.8 Å². The lowest BCUT2D eigenvalue weighted by atomic mass is 9.85. The molecule has 2 N–H and O–H groups in total. The van der Waals surface area contributed by atoms with E-state index in [9.17, 15) is 10.2 Å². The third kappa shape index (κ3) is 4.07. The summed E-state index contributed by atoms with van der Waals surface area (Å²) in [5.74, 6) is 0.605. The van der Waals surface area contributed by atoms with Crippen LogP contribution in [0.25, 0.3) is 0 Å². The van der Waals surface area contributed by atoms with Crippen LogP contribution in [-0.4, -0.2) is 29.1 Å². The molecule has 1 unspecified atom stereocenters. The van der Waals surface area contributed by atoms with Gasteiger partial charge in [0, 0.05) is 11.8 Å². The Morgan fingerprint density at radius 2 is 1.95 bits per heavy atom. The van der Waals surface area contributed by atoms with Gasteiger partial charge in [-0.3, -0.25) is 4.99 Å². The lowest BCUT2D eigenvalue weighted by Crippen LogP contribution is -2.19. The van der Waals surface area contributed by atoms with E-state index in [0.29, 0.717) is 11.5 Å². The van der Waals surface area contributed by atoms with E-state index in [2.05, 4.69) is 39.6 Å². The van der Waals surface area contributed by atoms with Crippen molar-refractivity contribution < 1.29 is 10.2 Å². The largest absolute Gasteiger partial charge is 0.507 e. The van der Waals surface area contributed by atoms with Crippen LogP contribution < -0.4 is 0 Å². The molecule has 0 radical (unpaired) electrons. The van der Waals surface area contributed by atoms with E-state index < -0.39 is 0 Å². The van der Waals surface area contributed by atoms with E-state index in [1.165, 1.54) is 0 Å². The Bertz CT molecular complexity index is 461. The molecule has 0 aromatic heterocycles. The lowest BCUT2D eigenvalue weighted by molar-refractivity contribution is 0.232. The number of aromatic hydroxyl groups is 1. The third-order valence-electron chi connectivity index (χ3n) is 3.77. The van der Waals surface area contributed by atoms with Gasteiger partial charge >= 0.3 is 0 Å². The van der Waals surface area contributed by atoms with E-state index in [1.807, 2.05) is 18.2 Å². The molecular formula is C17H27NO2. The number of benzene rings is 1. The van der Waals surface area contributed by atoms with Crippen molar-refractivity contribution in [3.63, 3.8) is 0 Å². The molecule has 3 heteroatoms. The van der Waals surface area contributed by atoms with Crippen LogP contribution in [0.2, 0.25) is 0 Å². The van der Waals surface area contributed by atoms with Crippen molar-refractivity contribution in [1.29, 1.82) is 0 Å². The first-order valence-electron chi connectivity index (χ1n) is 7.27. The Balaban J connectivity index is 3.04. The van der Waals surface area contributed by atoms with Crippen molar-refractivity contribution in [2.75, 3.05) is 6.61 Å². The number of aliphatic hydroxyl groups excluding tert-OH is 1. The summed E-state index contributed by atoms with van der Waals surface area (Å²) in [6, 6.07) is 5.60. The molecular weight excluding hydrogens is 250 g/mol. The van der Waals surface area contributed by atoms with Gasteiger partial charge in [-0.25, -0.2) is 0 Å². The Morgan fingerprint density at radius 1 is 1.30 bits per heavy atom. The standard InChI is InChI=1S/C17H27NO2/c1-6-12(2)15(11-19)18-10-13-8-7-9-14(16(13)20)17(3,4)5/h7-10,12,15,19-20H,6,11H2,1-5H3/t12?,15-/m1/s1. The first-order chi connectivity index (χ1) is 9.31. The van der Waals surface area contributed by atoms with Crippen LogP contribution in [0.4, 0.5) is 0 Å². The molecule has 0 saturated heterocycles. The summed E-state index contributed by atoms with van der Waals surface area (Å²) in [5.41, 5.74) is 1.51. The number of phenolic OH excluding ortho intramolecular Hbond substituents is 1. The predicted octanol–water partition coefficient (Wildman–Crippen LogP) is 3.52. The molecule has 2 atom stereocenters. The molecule has 20 heavy (non-hydrogen) atoms. The van der Waals surface area contributed by atoms with Crippen LogP contribution in [0.15, 0.2) is 23.2 Å². The van der Waals surface area contributed by atoms with E-state index in [4.69, 9.17) is 0 Å². The van der Waals surface area contributed by atoms with Gasteiger partial charge in [0.05, 0.1) is 12.6 Å². The lowest BCUT2D eigenvalue weighted by Gasteiger charge is -2.21. The molecule has 112 valence electrons. The van der Waals surface area contributed by atoms with Crippen LogP contribution in [0.1, 0.15) is 52.2 Å². The fourth-order valence-electron chi connectivity index (χ4n) is 2.09. The number of para-hydroxylation sites is 1. The Kier molecular flexibility index (Phi) is 5.75. The van der Waals surface area contributed by atoms with Crippen molar-refractivity contribution in [2.45, 2.75) is 52.5 Å². The monoisotopic (exact) mass is 277 g/mol. The molecule has 0 fully saturated rings. The van der Waals surface area contributed by atoms with Gasteiger partial charge in [-0.15, -0.1) is 0 Å². The van der Waals surface area contributed by atoms with Crippen LogP contribution in [0, 0.1) is 5.92 Å². The number of hydrogen-bond acceptors (Lipinski definition) is 3. The molecule has 1 rings (SSSR count). The Labute approximate surface area is 122 Å². The number of nitrogens with zero attached hydrogens (tertiary/aromatic N) is 1. The Hall–Kier alpha value is -1.35. The summed E-state index contributed by atoms with van der Waals surface area (Å²) in [6.45, 7) is 10.4. The van der Waals surface area contributed by atoms with Crippen molar-refractivity contribution in [3.8, 4) is 5.75 Å². The van der Waals surface area contributed by atoms with Gasteiger partial charge in [0.2, 0.25) is 0 Å². The predicted molar refractivity (Wildman–Crippen MR) is 84.7 cm³/mol. The first kappa shape index (κ1) is 16.7. The highest BCUT2D eigenvalue weighted by Gasteiger charge is 2.19. The minimum Gasteiger partial charge on any atom is -0.507 e. The quantitative estimate of drug-likeness (QED) is 0.809. The number of phenols is 1. The molecule has 0 aliphatic carbocycles. The zero-order valence-electron chi connectivity index (χ0n) is 13.2. The van der Waals surface area contributed by atoms with E-state index in [0.717, 1.165) is 12.0 Å². The molecule has 1 aromatic rings. The van der Waals surface area contributed by atoms with Crippen molar-refractivity contribution in [3.05, 3.63) is 29.3 Å². The maximum atomic E-state index is 10.4. The second-order valence-electron chi connectivity index (χ2n) is 6.41. The van der Waals surface area contributed by atoms with Gasteiger partial charge in [0.25, 0.3) is 0 Å². The zero-order chi connectivity index (χ0) is 15.3. The molecule has 0 heterocycles. The second kappa shape index (κ2) is 6.89. The summed E-state index contributed by atoms with van der Waals surface area (Å²) in [4.78, 5) is 4.43. The molecule has 0 aliphatic rings. The number of aliphatic hydroxyl groups is 1. The fourth-order valence-corrected chi connectivity index (χ4v) is 2.09. The summed E-state index contributed by atoms with van der Waals surface area (Å²) in [7, 11) is 0. The number of aliphatic imine (C=N–C) groups is 1. The normalized spacial score (nSPS) is 15.5. The average molecular weight is 277 g/mol. The minimum absolute atomic E-state index is 0.0330. The average Bonchev–Trinajstić information content (AvgIpc) is 2.39. The highest BCUT2D eigenvalue weighted by Crippen LogP contribution is 2.32. The molecule has 0 bridgehead atoms. The highest BCUT2D eigenvalue weighted by atomic mass is 16.3. The van der Waals surface area contributed by atoms with Crippen LogP contribution in [-0.2, 0) is 5.41 Å². The molecule has 1 aromatic carbocycles. The van der Waals surface area contributed by atoms with Gasteiger partial charge in [-0.2, -0.15) is 0 Å². The van der Waals surface area contributed by atoms with E-state index >= 15 is 0 Å². The second-order valence-corrected chi connectivity index (χ2v) is 6.41. The van der Waals surface area contributed by atoms with Gasteiger partial charge in [-0.05, 0) is 23.0 Å². The summed E-state index contributed by atoms with van der Waals surface area (Å²) in [5, 5.41) is 19.7. The van der Waals surface area contributed by atoms with E-state index in [1.54, 1.807) is 6.21 Å². The van der Waals surface area contributed by atoms with Crippen LogP contribution >= 0.6 is 0 Å². The molecule has 0 amide bonds. The molecule has 0 aliphatic heterocycles. The number of hydrogen-bond donors (Lipinski definition) is 2. The highest BCUT2D eigenvalue weighted by molar-refractivity contribution is 5.84. The summed E-state index contributed by atoms with van der Waals surface area (Å²) >= 11 is 0. The summed E-state index contributed by atoms with van der Waals surface area (Å²) < 4.78 is 0. The van der Waals surface area contributed by atoms with Gasteiger partial charge in [0.1, 0.15) is 5.75 Å².